The highest BCUT2D eigenvalue weighted by Gasteiger charge is 2.42. The number of Topliss-reactive ketones (excluding diaryl/α,β-unsaturated/α-hetero) is 1. The lowest BCUT2D eigenvalue weighted by atomic mass is 9.71. The van der Waals surface area contributed by atoms with Crippen LogP contribution in [0.4, 0.5) is 0 Å². The van der Waals surface area contributed by atoms with Gasteiger partial charge >= 0.3 is 5.97 Å². The maximum atomic E-state index is 14.0. The van der Waals surface area contributed by atoms with E-state index in [9.17, 15) is 9.59 Å². The molecule has 0 aromatic heterocycles. The second kappa shape index (κ2) is 12.3. The van der Waals surface area contributed by atoms with Crippen LogP contribution >= 0.6 is 0 Å². The minimum absolute atomic E-state index is 0.0506. The highest BCUT2D eigenvalue weighted by molar-refractivity contribution is 6.04. The third-order valence-electron chi connectivity index (χ3n) is 8.07. The molecule has 2 aromatic rings. The zero-order valence-corrected chi connectivity index (χ0v) is 24.2. The number of rotatable bonds is 9. The summed E-state index contributed by atoms with van der Waals surface area (Å²) in [7, 11) is 6.24. The number of hydrogen-bond donors (Lipinski definition) is 1. The van der Waals surface area contributed by atoms with E-state index in [0.29, 0.717) is 52.7 Å². The molecule has 0 bridgehead atoms. The Morgan fingerprint density at radius 2 is 1.68 bits per heavy atom. The van der Waals surface area contributed by atoms with Gasteiger partial charge in [0, 0.05) is 41.8 Å². The lowest BCUT2D eigenvalue weighted by molar-refractivity contribution is -0.142. The van der Waals surface area contributed by atoms with E-state index in [0.717, 1.165) is 29.9 Å². The van der Waals surface area contributed by atoms with E-state index in [1.807, 2.05) is 31.2 Å². The smallest absolute Gasteiger partial charge is 0.336 e. The van der Waals surface area contributed by atoms with Gasteiger partial charge in [-0.3, -0.25) is 4.79 Å². The Morgan fingerprint density at radius 3 is 2.32 bits per heavy atom. The van der Waals surface area contributed by atoms with Crippen LogP contribution in [0.3, 0.4) is 0 Å². The number of ketones is 1. The molecule has 2 aliphatic heterocycles. The molecule has 2 aromatic carbocycles. The number of dihydropyridines is 1. The fourth-order valence-corrected chi connectivity index (χ4v) is 6.16. The Hall–Kier alpha value is -3.98. The van der Waals surface area contributed by atoms with Crippen molar-refractivity contribution in [2.24, 2.45) is 0 Å². The summed E-state index contributed by atoms with van der Waals surface area (Å²) in [5.41, 5.74) is 3.98. The zero-order valence-electron chi connectivity index (χ0n) is 24.2. The number of nitrogens with one attached hydrogen (secondary N) is 1. The van der Waals surface area contributed by atoms with Crippen molar-refractivity contribution in [2.45, 2.75) is 50.5 Å². The maximum Gasteiger partial charge on any atom is 0.336 e. The summed E-state index contributed by atoms with van der Waals surface area (Å²) in [5.74, 6) is 0.730. The van der Waals surface area contributed by atoms with Crippen LogP contribution in [0.25, 0.3) is 0 Å². The first-order valence-corrected chi connectivity index (χ1v) is 13.9. The molecule has 1 saturated heterocycles. The number of carbonyl (C=O) groups is 2. The van der Waals surface area contributed by atoms with Gasteiger partial charge in [-0.15, -0.1) is 0 Å². The van der Waals surface area contributed by atoms with Crippen LogP contribution in [0.2, 0.25) is 0 Å². The molecular weight excluding hydrogens is 526 g/mol. The predicted octanol–water partition coefficient (Wildman–Crippen LogP) is 4.80. The SMILES string of the molecule is COc1ccccc1[C@H]1CC(=O)C2=C(C1)NC(C)=C(C(=O)OC[C@@H]1CCCO1)[C@H]2c1cc(OC)c(OC)c(OC)c1. The van der Waals surface area contributed by atoms with Crippen LogP contribution < -0.4 is 24.3 Å². The Balaban J connectivity index is 1.59. The van der Waals surface area contributed by atoms with Crippen LogP contribution in [0.5, 0.6) is 23.0 Å². The number of carbonyl (C=O) groups excluding carboxylic acids is 2. The average Bonchev–Trinajstić information content (AvgIpc) is 3.52. The summed E-state index contributed by atoms with van der Waals surface area (Å²) in [6, 6.07) is 11.4. The number of methoxy groups -OCH3 is 4. The quantitative estimate of drug-likeness (QED) is 0.431. The van der Waals surface area contributed by atoms with Crippen molar-refractivity contribution in [3.05, 3.63) is 70.1 Å². The first-order valence-electron chi connectivity index (χ1n) is 13.9. The lowest BCUT2D eigenvalue weighted by Gasteiger charge is -2.37. The van der Waals surface area contributed by atoms with Gasteiger partial charge in [-0.1, -0.05) is 18.2 Å². The Bertz CT molecular complexity index is 1360. The summed E-state index contributed by atoms with van der Waals surface area (Å²) in [6.07, 6.45) is 2.52. The van der Waals surface area contributed by atoms with E-state index in [4.69, 9.17) is 28.4 Å². The van der Waals surface area contributed by atoms with Crippen molar-refractivity contribution < 1.29 is 38.0 Å². The van der Waals surface area contributed by atoms with Crippen molar-refractivity contribution in [3.8, 4) is 23.0 Å². The molecule has 3 atom stereocenters. The van der Waals surface area contributed by atoms with Crippen LogP contribution in [-0.4, -0.2) is 59.5 Å². The summed E-state index contributed by atoms with van der Waals surface area (Å²) in [6.45, 7) is 2.67. The fraction of sp³-hybridized carbons (Fsp3) is 0.438. The third kappa shape index (κ3) is 5.51. The van der Waals surface area contributed by atoms with Crippen LogP contribution in [0, 0.1) is 0 Å². The molecular formula is C32H37NO8. The Morgan fingerprint density at radius 1 is 0.976 bits per heavy atom. The lowest BCUT2D eigenvalue weighted by Crippen LogP contribution is -2.36. The normalized spacial score (nSPS) is 22.2. The molecule has 2 heterocycles. The molecule has 9 nitrogen and oxygen atoms in total. The van der Waals surface area contributed by atoms with Crippen molar-refractivity contribution in [1.29, 1.82) is 0 Å². The van der Waals surface area contributed by atoms with Gasteiger partial charge in [-0.25, -0.2) is 4.79 Å². The molecule has 0 unspecified atom stereocenters. The highest BCUT2D eigenvalue weighted by atomic mass is 16.6. The number of para-hydroxylation sites is 1. The summed E-state index contributed by atoms with van der Waals surface area (Å²) >= 11 is 0. The minimum atomic E-state index is -0.692. The first kappa shape index (κ1) is 28.5. The molecule has 0 spiro atoms. The predicted molar refractivity (Wildman–Crippen MR) is 152 cm³/mol. The standard InChI is InChI=1S/C32H37NO8/c1-18-28(32(35)41-17-21-9-8-12-40-21)29(20-15-26(37-3)31(39-5)27(16-20)38-4)30-23(33-18)13-19(14-24(30)34)22-10-6-7-11-25(22)36-2/h6-7,10-11,15-16,19,21,29,33H,8-9,12-14,17H2,1-5H3/t19-,21+,29-/m1/s1. The van der Waals surface area contributed by atoms with Gasteiger partial charge in [-0.05, 0) is 55.5 Å². The monoisotopic (exact) mass is 563 g/mol. The molecule has 0 amide bonds. The van der Waals surface area contributed by atoms with E-state index in [-0.39, 0.29) is 30.8 Å². The van der Waals surface area contributed by atoms with Crippen molar-refractivity contribution in [3.63, 3.8) is 0 Å². The van der Waals surface area contributed by atoms with Crippen LogP contribution in [0.15, 0.2) is 58.9 Å². The highest BCUT2D eigenvalue weighted by Crippen LogP contribution is 2.49. The molecule has 9 heteroatoms. The summed E-state index contributed by atoms with van der Waals surface area (Å²) < 4.78 is 33.8. The molecule has 1 aliphatic carbocycles. The molecule has 1 fully saturated rings. The molecule has 218 valence electrons. The Kier molecular flexibility index (Phi) is 8.54. The zero-order chi connectivity index (χ0) is 29.1. The Labute approximate surface area is 240 Å². The van der Waals surface area contributed by atoms with Gasteiger partial charge in [0.25, 0.3) is 0 Å². The molecule has 5 rings (SSSR count). The van der Waals surface area contributed by atoms with E-state index in [2.05, 4.69) is 5.32 Å². The topological polar surface area (TPSA) is 102 Å². The summed E-state index contributed by atoms with van der Waals surface area (Å²) in [5, 5.41) is 3.40. The molecule has 41 heavy (non-hydrogen) atoms. The molecule has 0 radical (unpaired) electrons. The van der Waals surface area contributed by atoms with Crippen molar-refractivity contribution in [2.75, 3.05) is 41.7 Å². The second-order valence-corrected chi connectivity index (χ2v) is 10.5. The van der Waals surface area contributed by atoms with Gasteiger partial charge in [0.05, 0.1) is 40.1 Å². The van der Waals surface area contributed by atoms with Gasteiger partial charge in [0.2, 0.25) is 5.75 Å². The van der Waals surface area contributed by atoms with Gasteiger partial charge in [0.15, 0.2) is 17.3 Å². The largest absolute Gasteiger partial charge is 0.496 e. The van der Waals surface area contributed by atoms with E-state index >= 15 is 0 Å². The van der Waals surface area contributed by atoms with Crippen LogP contribution in [0.1, 0.15) is 55.6 Å². The van der Waals surface area contributed by atoms with Gasteiger partial charge in [0.1, 0.15) is 12.4 Å². The van der Waals surface area contributed by atoms with E-state index in [1.165, 1.54) is 21.3 Å². The number of ether oxygens (including phenoxy) is 6. The molecule has 3 aliphatic rings. The number of hydrogen-bond acceptors (Lipinski definition) is 9. The minimum Gasteiger partial charge on any atom is -0.496 e. The van der Waals surface area contributed by atoms with Crippen molar-refractivity contribution in [1.82, 2.24) is 5.32 Å². The molecule has 1 N–H and O–H groups in total. The second-order valence-electron chi connectivity index (χ2n) is 10.5. The third-order valence-corrected chi connectivity index (χ3v) is 8.07. The van der Waals surface area contributed by atoms with Crippen molar-refractivity contribution >= 4 is 11.8 Å². The summed E-state index contributed by atoms with van der Waals surface area (Å²) in [4.78, 5) is 27.8. The van der Waals surface area contributed by atoms with Gasteiger partial charge < -0.3 is 33.7 Å². The number of allylic oxidation sites excluding steroid dienone is 3. The van der Waals surface area contributed by atoms with Gasteiger partial charge in [-0.2, -0.15) is 0 Å². The first-order chi connectivity index (χ1) is 19.9. The number of benzene rings is 2. The van der Waals surface area contributed by atoms with E-state index in [1.54, 1.807) is 19.2 Å². The van der Waals surface area contributed by atoms with E-state index < -0.39 is 11.9 Å². The fourth-order valence-electron chi connectivity index (χ4n) is 6.16. The maximum absolute atomic E-state index is 14.0. The molecule has 0 saturated carbocycles. The number of esters is 1. The average molecular weight is 564 g/mol. The van der Waals surface area contributed by atoms with Crippen LogP contribution in [-0.2, 0) is 19.1 Å².